The summed E-state index contributed by atoms with van der Waals surface area (Å²) in [7, 11) is 0. The normalized spacial score (nSPS) is 25.4. The highest BCUT2D eigenvalue weighted by Crippen LogP contribution is 2.25. The van der Waals surface area contributed by atoms with E-state index in [0.717, 1.165) is 18.7 Å². The lowest BCUT2D eigenvalue weighted by Crippen LogP contribution is -3.18. The number of carbonyl (C=O) groups excluding carboxylic acids is 2. The highest BCUT2D eigenvalue weighted by molar-refractivity contribution is 6.05. The van der Waals surface area contributed by atoms with Gasteiger partial charge in [-0.1, -0.05) is 30.3 Å². The summed E-state index contributed by atoms with van der Waals surface area (Å²) >= 11 is 0. The van der Waals surface area contributed by atoms with E-state index < -0.39 is 0 Å². The van der Waals surface area contributed by atoms with Gasteiger partial charge in [0.05, 0.1) is 25.7 Å². The number of amides is 2. The number of benzene rings is 1. The Morgan fingerprint density at radius 3 is 2.52 bits per heavy atom. The standard InChI is InChI=1S/C16H20N2O3/c1-12(13-5-3-2-4-6-13)18-15(19)11-14(16(18)20)17-7-9-21-10-8-17/h2-6,12,14H,7-11H2,1H3/p+1/t12-,14-/m1/s1. The molecule has 2 amide bonds. The molecule has 0 unspecified atom stereocenters. The Balaban J connectivity index is 1.77. The van der Waals surface area contributed by atoms with E-state index in [-0.39, 0.29) is 23.9 Å². The first-order valence-electron chi connectivity index (χ1n) is 7.51. The molecule has 2 aliphatic rings. The first kappa shape index (κ1) is 14.2. The summed E-state index contributed by atoms with van der Waals surface area (Å²) in [6.07, 6.45) is 0.325. The van der Waals surface area contributed by atoms with E-state index in [0.29, 0.717) is 19.6 Å². The molecule has 21 heavy (non-hydrogen) atoms. The minimum Gasteiger partial charge on any atom is -0.370 e. The lowest BCUT2D eigenvalue weighted by Gasteiger charge is -2.28. The van der Waals surface area contributed by atoms with Gasteiger partial charge in [0.25, 0.3) is 5.91 Å². The Hall–Kier alpha value is -1.72. The Kier molecular flexibility index (Phi) is 4.03. The summed E-state index contributed by atoms with van der Waals surface area (Å²) in [5.41, 5.74) is 0.997. The average molecular weight is 289 g/mol. The van der Waals surface area contributed by atoms with Crippen LogP contribution in [0, 0.1) is 0 Å². The molecule has 1 N–H and O–H groups in total. The number of nitrogens with one attached hydrogen (secondary N) is 1. The predicted molar refractivity (Wildman–Crippen MR) is 76.6 cm³/mol. The van der Waals surface area contributed by atoms with Crippen LogP contribution >= 0.6 is 0 Å². The van der Waals surface area contributed by atoms with E-state index in [1.54, 1.807) is 0 Å². The second-order valence-corrected chi connectivity index (χ2v) is 5.72. The van der Waals surface area contributed by atoms with Crippen molar-refractivity contribution in [3.05, 3.63) is 35.9 Å². The van der Waals surface area contributed by atoms with Crippen LogP contribution in [0.2, 0.25) is 0 Å². The number of hydrogen-bond donors (Lipinski definition) is 1. The fourth-order valence-electron chi connectivity index (χ4n) is 3.24. The van der Waals surface area contributed by atoms with Crippen LogP contribution in [-0.4, -0.2) is 49.1 Å². The van der Waals surface area contributed by atoms with Gasteiger partial charge in [-0.25, -0.2) is 0 Å². The maximum atomic E-state index is 12.7. The predicted octanol–water partition coefficient (Wildman–Crippen LogP) is -0.210. The third-order valence-electron chi connectivity index (χ3n) is 4.48. The van der Waals surface area contributed by atoms with Crippen molar-refractivity contribution < 1.29 is 19.2 Å². The zero-order chi connectivity index (χ0) is 14.8. The van der Waals surface area contributed by atoms with Crippen molar-refractivity contribution in [3.63, 3.8) is 0 Å². The fraction of sp³-hybridized carbons (Fsp3) is 0.500. The van der Waals surface area contributed by atoms with E-state index in [4.69, 9.17) is 4.74 Å². The second-order valence-electron chi connectivity index (χ2n) is 5.72. The molecule has 2 heterocycles. The molecule has 0 aromatic heterocycles. The van der Waals surface area contributed by atoms with Gasteiger partial charge in [0.2, 0.25) is 5.91 Å². The Morgan fingerprint density at radius 2 is 1.86 bits per heavy atom. The van der Waals surface area contributed by atoms with Crippen molar-refractivity contribution in [1.82, 2.24) is 4.90 Å². The molecule has 2 aliphatic heterocycles. The lowest BCUT2D eigenvalue weighted by molar-refractivity contribution is -0.922. The van der Waals surface area contributed by atoms with Crippen LogP contribution in [-0.2, 0) is 14.3 Å². The van der Waals surface area contributed by atoms with Crippen molar-refractivity contribution in [1.29, 1.82) is 0 Å². The monoisotopic (exact) mass is 289 g/mol. The second kappa shape index (κ2) is 5.95. The SMILES string of the molecule is C[C@H](c1ccccc1)N1C(=O)C[C@@H]([NH+]2CCOCC2)C1=O. The Bertz CT molecular complexity index is 526. The highest BCUT2D eigenvalue weighted by Gasteiger charge is 2.47. The largest absolute Gasteiger partial charge is 0.370 e. The first-order chi connectivity index (χ1) is 10.2. The number of carbonyl (C=O) groups is 2. The van der Waals surface area contributed by atoms with E-state index in [1.807, 2.05) is 37.3 Å². The molecule has 1 aromatic carbocycles. The van der Waals surface area contributed by atoms with E-state index >= 15 is 0 Å². The molecule has 0 bridgehead atoms. The highest BCUT2D eigenvalue weighted by atomic mass is 16.5. The summed E-state index contributed by atoms with van der Waals surface area (Å²) < 4.78 is 5.33. The lowest BCUT2D eigenvalue weighted by atomic mass is 10.1. The zero-order valence-corrected chi connectivity index (χ0v) is 12.2. The molecule has 2 atom stereocenters. The molecule has 3 rings (SSSR count). The quantitative estimate of drug-likeness (QED) is 0.784. The van der Waals surface area contributed by atoms with Gasteiger partial charge < -0.3 is 9.64 Å². The smallest absolute Gasteiger partial charge is 0.288 e. The number of nitrogens with zero attached hydrogens (tertiary/aromatic N) is 1. The van der Waals surface area contributed by atoms with Gasteiger partial charge in [0, 0.05) is 0 Å². The van der Waals surface area contributed by atoms with Gasteiger partial charge in [0.1, 0.15) is 13.1 Å². The van der Waals surface area contributed by atoms with Crippen molar-refractivity contribution in [3.8, 4) is 0 Å². The van der Waals surface area contributed by atoms with Gasteiger partial charge in [-0.15, -0.1) is 0 Å². The number of ether oxygens (including phenoxy) is 1. The van der Waals surface area contributed by atoms with Crippen LogP contribution in [0.4, 0.5) is 0 Å². The van der Waals surface area contributed by atoms with Crippen molar-refractivity contribution in [2.75, 3.05) is 26.3 Å². The summed E-state index contributed by atoms with van der Waals surface area (Å²) in [5.74, 6) is -0.0893. The molecule has 5 heteroatoms. The molecule has 2 fully saturated rings. The van der Waals surface area contributed by atoms with Crippen LogP contribution < -0.4 is 4.90 Å². The summed E-state index contributed by atoms with van der Waals surface area (Å²) in [5, 5.41) is 0. The third kappa shape index (κ3) is 2.71. The summed E-state index contributed by atoms with van der Waals surface area (Å²) in [6, 6.07) is 9.29. The number of likely N-dealkylation sites (tertiary alicyclic amines) is 1. The maximum Gasteiger partial charge on any atom is 0.288 e. The third-order valence-corrected chi connectivity index (χ3v) is 4.48. The number of quaternary nitrogens is 1. The van der Waals surface area contributed by atoms with Gasteiger partial charge in [-0.2, -0.15) is 0 Å². The van der Waals surface area contributed by atoms with E-state index in [1.165, 1.54) is 9.80 Å². The minimum absolute atomic E-state index is 0.0340. The molecule has 0 spiro atoms. The zero-order valence-electron chi connectivity index (χ0n) is 12.2. The molecule has 112 valence electrons. The first-order valence-corrected chi connectivity index (χ1v) is 7.51. The fourth-order valence-corrected chi connectivity index (χ4v) is 3.24. The Labute approximate surface area is 124 Å². The van der Waals surface area contributed by atoms with Crippen LogP contribution in [0.25, 0.3) is 0 Å². The summed E-state index contributed by atoms with van der Waals surface area (Å²) in [6.45, 7) is 4.86. The van der Waals surface area contributed by atoms with Crippen molar-refractivity contribution in [2.45, 2.75) is 25.4 Å². The van der Waals surface area contributed by atoms with Crippen LogP contribution in [0.5, 0.6) is 0 Å². The van der Waals surface area contributed by atoms with Crippen molar-refractivity contribution >= 4 is 11.8 Å². The Morgan fingerprint density at radius 1 is 1.19 bits per heavy atom. The van der Waals surface area contributed by atoms with Gasteiger partial charge in [-0.05, 0) is 12.5 Å². The minimum atomic E-state index is -0.229. The van der Waals surface area contributed by atoms with Gasteiger partial charge in [-0.3, -0.25) is 14.5 Å². The molecular formula is C16H21N2O3+. The molecule has 2 saturated heterocycles. The van der Waals surface area contributed by atoms with Gasteiger partial charge >= 0.3 is 0 Å². The maximum absolute atomic E-state index is 12.7. The summed E-state index contributed by atoms with van der Waals surface area (Å²) in [4.78, 5) is 27.6. The molecule has 1 aromatic rings. The number of morpholine rings is 1. The topological polar surface area (TPSA) is 51.1 Å². The van der Waals surface area contributed by atoms with Crippen LogP contribution in [0.1, 0.15) is 24.9 Å². The number of hydrogen-bond acceptors (Lipinski definition) is 3. The van der Waals surface area contributed by atoms with Crippen LogP contribution in [0.3, 0.4) is 0 Å². The molecule has 0 saturated carbocycles. The van der Waals surface area contributed by atoms with Crippen LogP contribution in [0.15, 0.2) is 30.3 Å². The van der Waals surface area contributed by atoms with Crippen molar-refractivity contribution in [2.24, 2.45) is 0 Å². The molecule has 0 radical (unpaired) electrons. The number of rotatable bonds is 3. The molecule has 5 nitrogen and oxygen atoms in total. The van der Waals surface area contributed by atoms with E-state index in [2.05, 4.69) is 0 Å². The average Bonchev–Trinajstić information content (AvgIpc) is 2.83. The van der Waals surface area contributed by atoms with E-state index in [9.17, 15) is 9.59 Å². The number of imide groups is 1. The molecular weight excluding hydrogens is 268 g/mol. The molecule has 0 aliphatic carbocycles. The van der Waals surface area contributed by atoms with Gasteiger partial charge in [0.15, 0.2) is 6.04 Å².